The average molecular weight is 226 g/mol. The van der Waals surface area contributed by atoms with Crippen LogP contribution in [0.1, 0.15) is 44.4 Å². The summed E-state index contributed by atoms with van der Waals surface area (Å²) in [6.45, 7) is 9.63. The third kappa shape index (κ3) is 3.30. The van der Waals surface area contributed by atoms with Crippen molar-refractivity contribution in [1.82, 2.24) is 10.3 Å². The molecule has 1 unspecified atom stereocenters. The van der Waals surface area contributed by atoms with E-state index < -0.39 is 0 Å². The van der Waals surface area contributed by atoms with Crippen molar-refractivity contribution in [2.24, 2.45) is 5.41 Å². The van der Waals surface area contributed by atoms with Crippen molar-refractivity contribution >= 4 is 17.2 Å². The first kappa shape index (κ1) is 12.2. The van der Waals surface area contributed by atoms with Crippen molar-refractivity contribution in [1.29, 1.82) is 0 Å². The lowest BCUT2D eigenvalue weighted by Crippen LogP contribution is -2.36. The van der Waals surface area contributed by atoms with Crippen LogP contribution in [-0.2, 0) is 4.79 Å². The van der Waals surface area contributed by atoms with Crippen LogP contribution in [0.2, 0.25) is 0 Å². The molecule has 0 aliphatic rings. The number of rotatable bonds is 2. The fraction of sp³-hybridized carbons (Fsp3) is 0.636. The van der Waals surface area contributed by atoms with Crippen LogP contribution in [0.15, 0.2) is 5.38 Å². The number of carbonyl (C=O) groups is 1. The maximum Gasteiger partial charge on any atom is 0.225 e. The van der Waals surface area contributed by atoms with E-state index in [4.69, 9.17) is 0 Å². The molecule has 0 bridgehead atoms. The molecule has 0 saturated heterocycles. The molecule has 0 fully saturated rings. The van der Waals surface area contributed by atoms with Crippen molar-refractivity contribution in [3.8, 4) is 0 Å². The minimum atomic E-state index is -0.348. The Morgan fingerprint density at radius 2 is 2.13 bits per heavy atom. The molecule has 1 amide bonds. The number of nitrogens with zero attached hydrogens (tertiary/aromatic N) is 1. The Hall–Kier alpha value is -0.900. The summed E-state index contributed by atoms with van der Waals surface area (Å²) in [4.78, 5) is 16.1. The van der Waals surface area contributed by atoms with E-state index in [1.807, 2.05) is 40.0 Å². The molecule has 4 heteroatoms. The van der Waals surface area contributed by atoms with Gasteiger partial charge in [0.1, 0.15) is 0 Å². The molecular weight excluding hydrogens is 208 g/mol. The summed E-state index contributed by atoms with van der Waals surface area (Å²) in [6, 6.07) is -0.0123. The summed E-state index contributed by atoms with van der Waals surface area (Å²) in [5, 5.41) is 5.97. The van der Waals surface area contributed by atoms with E-state index in [0.29, 0.717) is 0 Å². The van der Waals surface area contributed by atoms with Gasteiger partial charge in [0, 0.05) is 10.8 Å². The van der Waals surface area contributed by atoms with Gasteiger partial charge in [0.25, 0.3) is 0 Å². The molecule has 1 atom stereocenters. The van der Waals surface area contributed by atoms with Crippen LogP contribution in [0.3, 0.4) is 0 Å². The molecule has 1 aromatic heterocycles. The number of thiazole rings is 1. The number of nitrogens with one attached hydrogen (secondary N) is 1. The van der Waals surface area contributed by atoms with Crippen LogP contribution in [0.4, 0.5) is 0 Å². The van der Waals surface area contributed by atoms with E-state index in [1.165, 1.54) is 0 Å². The number of hydrogen-bond acceptors (Lipinski definition) is 3. The third-order valence-electron chi connectivity index (χ3n) is 2.11. The summed E-state index contributed by atoms with van der Waals surface area (Å²) in [6.07, 6.45) is 0. The molecule has 0 radical (unpaired) electrons. The Morgan fingerprint density at radius 1 is 1.53 bits per heavy atom. The van der Waals surface area contributed by atoms with Gasteiger partial charge < -0.3 is 5.32 Å². The molecule has 0 aliphatic carbocycles. The second kappa shape index (κ2) is 4.31. The Labute approximate surface area is 94.9 Å². The number of carbonyl (C=O) groups excluding carboxylic acids is 1. The SMILES string of the molecule is Cc1nc(C(C)NC(=O)C(C)(C)C)cs1. The van der Waals surface area contributed by atoms with Crippen molar-refractivity contribution in [2.45, 2.75) is 40.7 Å². The van der Waals surface area contributed by atoms with Gasteiger partial charge in [-0.05, 0) is 13.8 Å². The molecular formula is C11H18N2OS. The topological polar surface area (TPSA) is 42.0 Å². The molecule has 0 aromatic carbocycles. The normalized spacial score (nSPS) is 13.7. The summed E-state index contributed by atoms with van der Waals surface area (Å²) >= 11 is 1.60. The first-order valence-corrected chi connectivity index (χ1v) is 5.91. The first-order valence-electron chi connectivity index (χ1n) is 5.03. The molecule has 1 heterocycles. The molecule has 1 aromatic rings. The lowest BCUT2D eigenvalue weighted by atomic mass is 9.95. The van der Waals surface area contributed by atoms with Gasteiger partial charge in [-0.25, -0.2) is 4.98 Å². The van der Waals surface area contributed by atoms with E-state index in [1.54, 1.807) is 11.3 Å². The van der Waals surface area contributed by atoms with Gasteiger partial charge in [-0.1, -0.05) is 20.8 Å². The molecule has 1 rings (SSSR count). The predicted octanol–water partition coefficient (Wildman–Crippen LogP) is 2.67. The van der Waals surface area contributed by atoms with E-state index in [9.17, 15) is 4.79 Å². The van der Waals surface area contributed by atoms with Crippen molar-refractivity contribution in [2.75, 3.05) is 0 Å². The Bertz CT molecular complexity index is 352. The highest BCUT2D eigenvalue weighted by molar-refractivity contribution is 7.09. The van der Waals surface area contributed by atoms with Gasteiger partial charge >= 0.3 is 0 Å². The fourth-order valence-electron chi connectivity index (χ4n) is 1.07. The van der Waals surface area contributed by atoms with E-state index >= 15 is 0 Å². The smallest absolute Gasteiger partial charge is 0.225 e. The van der Waals surface area contributed by atoms with Gasteiger partial charge in [0.05, 0.1) is 16.7 Å². The zero-order valence-electron chi connectivity index (χ0n) is 9.92. The third-order valence-corrected chi connectivity index (χ3v) is 2.90. The van der Waals surface area contributed by atoms with Crippen LogP contribution < -0.4 is 5.32 Å². The number of aryl methyl sites for hydroxylation is 1. The van der Waals surface area contributed by atoms with Gasteiger partial charge in [-0.2, -0.15) is 0 Å². The monoisotopic (exact) mass is 226 g/mol. The lowest BCUT2D eigenvalue weighted by molar-refractivity contribution is -0.129. The highest BCUT2D eigenvalue weighted by Gasteiger charge is 2.23. The fourth-order valence-corrected chi connectivity index (χ4v) is 1.77. The Balaban J connectivity index is 2.64. The second-order valence-electron chi connectivity index (χ2n) is 4.74. The molecule has 0 saturated carbocycles. The molecule has 1 N–H and O–H groups in total. The van der Waals surface area contributed by atoms with Gasteiger partial charge in [0.2, 0.25) is 5.91 Å². The predicted molar refractivity (Wildman–Crippen MR) is 62.9 cm³/mol. The van der Waals surface area contributed by atoms with Gasteiger partial charge in [-0.15, -0.1) is 11.3 Å². The van der Waals surface area contributed by atoms with Crippen LogP contribution in [-0.4, -0.2) is 10.9 Å². The van der Waals surface area contributed by atoms with Crippen molar-refractivity contribution in [3.63, 3.8) is 0 Å². The first-order chi connectivity index (χ1) is 6.80. The van der Waals surface area contributed by atoms with Gasteiger partial charge in [-0.3, -0.25) is 4.79 Å². The quantitative estimate of drug-likeness (QED) is 0.842. The van der Waals surface area contributed by atoms with Crippen molar-refractivity contribution in [3.05, 3.63) is 16.1 Å². The minimum Gasteiger partial charge on any atom is -0.348 e. The van der Waals surface area contributed by atoms with Crippen LogP contribution >= 0.6 is 11.3 Å². The summed E-state index contributed by atoms with van der Waals surface area (Å²) in [5.41, 5.74) is 0.592. The highest BCUT2D eigenvalue weighted by atomic mass is 32.1. The Morgan fingerprint density at radius 3 is 2.53 bits per heavy atom. The van der Waals surface area contributed by atoms with E-state index in [0.717, 1.165) is 10.7 Å². The summed E-state index contributed by atoms with van der Waals surface area (Å²) in [7, 11) is 0. The zero-order valence-corrected chi connectivity index (χ0v) is 10.7. The number of aromatic nitrogens is 1. The molecule has 3 nitrogen and oxygen atoms in total. The maximum absolute atomic E-state index is 11.7. The van der Waals surface area contributed by atoms with Gasteiger partial charge in [0.15, 0.2) is 0 Å². The standard InChI is InChI=1S/C11H18N2OS/c1-7(9-6-15-8(2)13-9)12-10(14)11(3,4)5/h6-7H,1-5H3,(H,12,14). The molecule has 0 aliphatic heterocycles. The largest absolute Gasteiger partial charge is 0.348 e. The van der Waals surface area contributed by atoms with Crippen LogP contribution in [0.5, 0.6) is 0 Å². The molecule has 15 heavy (non-hydrogen) atoms. The average Bonchev–Trinajstić information content (AvgIpc) is 2.50. The zero-order chi connectivity index (χ0) is 11.6. The maximum atomic E-state index is 11.7. The summed E-state index contributed by atoms with van der Waals surface area (Å²) in [5.74, 6) is 0.0562. The van der Waals surface area contributed by atoms with Crippen molar-refractivity contribution < 1.29 is 4.79 Å². The van der Waals surface area contributed by atoms with E-state index in [-0.39, 0.29) is 17.4 Å². The molecule has 0 spiro atoms. The number of amides is 1. The minimum absolute atomic E-state index is 0.0123. The molecule has 84 valence electrons. The summed E-state index contributed by atoms with van der Waals surface area (Å²) < 4.78 is 0. The van der Waals surface area contributed by atoms with E-state index in [2.05, 4.69) is 10.3 Å². The highest BCUT2D eigenvalue weighted by Crippen LogP contribution is 2.19. The lowest BCUT2D eigenvalue weighted by Gasteiger charge is -2.20. The Kier molecular flexibility index (Phi) is 3.50. The second-order valence-corrected chi connectivity index (χ2v) is 5.80. The van der Waals surface area contributed by atoms with Crippen LogP contribution in [0.25, 0.3) is 0 Å². The van der Waals surface area contributed by atoms with Crippen LogP contribution in [0, 0.1) is 12.3 Å². The number of hydrogen-bond donors (Lipinski definition) is 1.